The molecular formula is C56H42N2O2. The van der Waals surface area contributed by atoms with Crippen LogP contribution in [0.3, 0.4) is 0 Å². The van der Waals surface area contributed by atoms with E-state index in [0.29, 0.717) is 0 Å². The monoisotopic (exact) mass is 774 g/mol. The molecule has 12 rings (SSSR count). The van der Waals surface area contributed by atoms with Crippen molar-refractivity contribution < 1.29 is 8.83 Å². The molecule has 10 aromatic rings. The van der Waals surface area contributed by atoms with E-state index in [-0.39, 0.29) is 6.04 Å². The number of fused-ring (bicyclic) bond motifs is 6. The number of aryl methyl sites for hydroxylation is 3. The van der Waals surface area contributed by atoms with Gasteiger partial charge in [0.2, 0.25) is 0 Å². The molecule has 0 saturated heterocycles. The highest BCUT2D eigenvalue weighted by Crippen LogP contribution is 2.52. The second kappa shape index (κ2) is 13.1. The molecule has 288 valence electrons. The summed E-state index contributed by atoms with van der Waals surface area (Å²) >= 11 is 0. The van der Waals surface area contributed by atoms with E-state index < -0.39 is 0 Å². The van der Waals surface area contributed by atoms with Crippen LogP contribution < -0.4 is 9.80 Å². The molecule has 4 heteroatoms. The lowest BCUT2D eigenvalue weighted by Crippen LogP contribution is -2.34. The zero-order valence-electron chi connectivity index (χ0n) is 34.1. The zero-order chi connectivity index (χ0) is 40.2. The Labute approximate surface area is 348 Å². The Kier molecular flexibility index (Phi) is 7.58. The first kappa shape index (κ1) is 34.7. The van der Waals surface area contributed by atoms with Crippen LogP contribution in [-0.4, -0.2) is 6.04 Å². The number of hydrogen-bond acceptors (Lipinski definition) is 4. The summed E-state index contributed by atoms with van der Waals surface area (Å²) in [4.78, 5) is 4.92. The molecule has 4 nitrogen and oxygen atoms in total. The number of nitrogens with zero attached hydrogens (tertiary/aromatic N) is 2. The van der Waals surface area contributed by atoms with Gasteiger partial charge in [0.25, 0.3) is 0 Å². The maximum absolute atomic E-state index is 6.75. The van der Waals surface area contributed by atoms with Crippen molar-refractivity contribution >= 4 is 94.2 Å². The fourth-order valence-corrected chi connectivity index (χ4v) is 10.1. The van der Waals surface area contributed by atoms with Gasteiger partial charge in [-0.25, -0.2) is 0 Å². The topological polar surface area (TPSA) is 32.8 Å². The molecule has 0 amide bonds. The van der Waals surface area contributed by atoms with Gasteiger partial charge in [0, 0.05) is 38.3 Å². The first-order valence-corrected chi connectivity index (χ1v) is 20.9. The molecule has 60 heavy (non-hydrogen) atoms. The Morgan fingerprint density at radius 1 is 0.517 bits per heavy atom. The van der Waals surface area contributed by atoms with Gasteiger partial charge in [0.15, 0.2) is 11.2 Å². The molecule has 1 unspecified atom stereocenters. The molecule has 0 aliphatic heterocycles. The van der Waals surface area contributed by atoms with Crippen molar-refractivity contribution in [2.45, 2.75) is 40.2 Å². The standard InChI is InChI=1S/C56H42N2O2/c1-33-19-23-37(24-20-33)57(47-15-9-13-43-41-11-5-7-17-51(41)59-55(43)47)49-31-35(3)39-28-30-46-50(32-36(4)40-27-29-45(49)53(39)54(40)46)58(38-25-21-34(2)22-26-38)48-16-10-14-44-42-12-6-8-18-52(42)60-56(44)48/h5-27,29-32,50H,28H2,1-4H3. The Bertz CT molecular complexity index is 3450. The maximum Gasteiger partial charge on any atom is 0.159 e. The second-order valence-electron chi connectivity index (χ2n) is 16.6. The smallest absolute Gasteiger partial charge is 0.159 e. The molecule has 0 spiro atoms. The summed E-state index contributed by atoms with van der Waals surface area (Å²) in [6.07, 6.45) is 5.80. The summed E-state index contributed by atoms with van der Waals surface area (Å²) in [6, 6.07) is 54.7. The average molecular weight is 775 g/mol. The summed E-state index contributed by atoms with van der Waals surface area (Å²) in [5, 5.41) is 7.04. The van der Waals surface area contributed by atoms with Gasteiger partial charge in [-0.15, -0.1) is 0 Å². The fraction of sp³-hybridized carbons (Fsp3) is 0.107. The Balaban J connectivity index is 1.10. The third-order valence-corrected chi connectivity index (χ3v) is 13.0. The minimum Gasteiger partial charge on any atom is -0.454 e. The van der Waals surface area contributed by atoms with Crippen LogP contribution in [0.4, 0.5) is 28.4 Å². The minimum absolute atomic E-state index is 0.0840. The van der Waals surface area contributed by atoms with E-state index in [1.54, 1.807) is 0 Å². The van der Waals surface area contributed by atoms with E-state index >= 15 is 0 Å². The van der Waals surface area contributed by atoms with Crippen LogP contribution in [0.25, 0.3) is 65.8 Å². The predicted molar refractivity (Wildman–Crippen MR) is 252 cm³/mol. The lowest BCUT2D eigenvalue weighted by molar-refractivity contribution is 0.667. The Morgan fingerprint density at radius 3 is 1.77 bits per heavy atom. The van der Waals surface area contributed by atoms with E-state index in [2.05, 4.69) is 195 Å². The quantitative estimate of drug-likeness (QED) is 0.168. The van der Waals surface area contributed by atoms with Crippen LogP contribution >= 0.6 is 0 Å². The van der Waals surface area contributed by atoms with Crippen molar-refractivity contribution in [2.24, 2.45) is 0 Å². The van der Waals surface area contributed by atoms with Crippen LogP contribution in [0.15, 0.2) is 173 Å². The minimum atomic E-state index is -0.0840. The third kappa shape index (κ3) is 5.10. The van der Waals surface area contributed by atoms with Crippen molar-refractivity contribution in [3.05, 3.63) is 197 Å². The van der Waals surface area contributed by atoms with E-state index in [1.165, 1.54) is 55.3 Å². The normalized spacial score (nSPS) is 14.6. The molecule has 0 bridgehead atoms. The lowest BCUT2D eigenvalue weighted by atomic mass is 9.75. The number of furan rings is 2. The van der Waals surface area contributed by atoms with Gasteiger partial charge in [0.1, 0.15) is 11.2 Å². The zero-order valence-corrected chi connectivity index (χ0v) is 34.1. The predicted octanol–water partition coefficient (Wildman–Crippen LogP) is 15.6. The van der Waals surface area contributed by atoms with Crippen molar-refractivity contribution in [2.75, 3.05) is 9.80 Å². The fourth-order valence-electron chi connectivity index (χ4n) is 10.1. The van der Waals surface area contributed by atoms with Crippen LogP contribution in [-0.2, 0) is 6.42 Å². The number of hydrogen-bond donors (Lipinski definition) is 0. The van der Waals surface area contributed by atoms with E-state index in [9.17, 15) is 0 Å². The molecule has 0 radical (unpaired) electrons. The summed E-state index contributed by atoms with van der Waals surface area (Å²) in [5.41, 5.74) is 19.3. The molecule has 2 aliphatic carbocycles. The van der Waals surface area contributed by atoms with Crippen LogP contribution in [0.2, 0.25) is 0 Å². The molecular weight excluding hydrogens is 733 g/mol. The van der Waals surface area contributed by atoms with E-state index in [0.717, 1.165) is 78.7 Å². The van der Waals surface area contributed by atoms with E-state index in [4.69, 9.17) is 8.83 Å². The lowest BCUT2D eigenvalue weighted by Gasteiger charge is -2.39. The molecule has 0 N–H and O–H groups in total. The van der Waals surface area contributed by atoms with Gasteiger partial charge in [-0.2, -0.15) is 0 Å². The largest absolute Gasteiger partial charge is 0.454 e. The first-order valence-electron chi connectivity index (χ1n) is 20.9. The summed E-state index contributed by atoms with van der Waals surface area (Å²) in [7, 11) is 0. The first-order chi connectivity index (χ1) is 29.4. The third-order valence-electron chi connectivity index (χ3n) is 13.0. The molecule has 0 fully saturated rings. The SMILES string of the molecule is CC1=CC(N(c2ccc(C)cc2)c2cccc3c2oc2ccccc23)C2=CCc3c(C)cc(N(c4ccc(C)cc4)c4cccc5c4oc4ccccc45)c4ccc1c2c34. The Hall–Kier alpha value is -7.30. The number of para-hydroxylation sites is 4. The summed E-state index contributed by atoms with van der Waals surface area (Å²) in [6.45, 7) is 8.87. The van der Waals surface area contributed by atoms with Gasteiger partial charge >= 0.3 is 0 Å². The molecule has 1 atom stereocenters. The highest BCUT2D eigenvalue weighted by atomic mass is 16.3. The number of rotatable bonds is 6. The molecule has 2 aliphatic rings. The van der Waals surface area contributed by atoms with Gasteiger partial charge < -0.3 is 18.6 Å². The van der Waals surface area contributed by atoms with Gasteiger partial charge in [-0.1, -0.05) is 120 Å². The number of anilines is 5. The van der Waals surface area contributed by atoms with Crippen molar-refractivity contribution in [3.63, 3.8) is 0 Å². The van der Waals surface area contributed by atoms with E-state index in [1.807, 2.05) is 6.07 Å². The van der Waals surface area contributed by atoms with Gasteiger partial charge in [0.05, 0.1) is 23.1 Å². The highest BCUT2D eigenvalue weighted by Gasteiger charge is 2.35. The van der Waals surface area contributed by atoms with Crippen LogP contribution in [0, 0.1) is 20.8 Å². The number of allylic oxidation sites excluding steroid dienone is 2. The summed E-state index contributed by atoms with van der Waals surface area (Å²) in [5.74, 6) is 0. The second-order valence-corrected chi connectivity index (χ2v) is 16.6. The van der Waals surface area contributed by atoms with Gasteiger partial charge in [-0.3, -0.25) is 0 Å². The molecule has 2 heterocycles. The van der Waals surface area contributed by atoms with Crippen LogP contribution in [0.5, 0.6) is 0 Å². The van der Waals surface area contributed by atoms with Crippen LogP contribution in [0.1, 0.15) is 40.3 Å². The maximum atomic E-state index is 6.75. The van der Waals surface area contributed by atoms with Crippen molar-refractivity contribution in [3.8, 4) is 0 Å². The highest BCUT2D eigenvalue weighted by molar-refractivity contribution is 6.16. The molecule has 0 saturated carbocycles. The van der Waals surface area contributed by atoms with Gasteiger partial charge in [-0.05, 0) is 127 Å². The Morgan fingerprint density at radius 2 is 1.10 bits per heavy atom. The average Bonchev–Trinajstić information content (AvgIpc) is 3.86. The molecule has 8 aromatic carbocycles. The summed E-state index contributed by atoms with van der Waals surface area (Å²) < 4.78 is 13.5. The molecule has 2 aromatic heterocycles. The number of benzene rings is 8. The van der Waals surface area contributed by atoms with Crippen molar-refractivity contribution in [1.82, 2.24) is 0 Å². The van der Waals surface area contributed by atoms with Crippen molar-refractivity contribution in [1.29, 1.82) is 0 Å².